The Hall–Kier alpha value is -0.0300. The van der Waals surface area contributed by atoms with E-state index >= 15 is 0 Å². The SMILES string of the molecule is CC(C)NC(=S)Nc1ccc(Br)c(Cl)c1Cl. The lowest BCUT2D eigenvalue weighted by atomic mass is 10.3. The van der Waals surface area contributed by atoms with E-state index in [-0.39, 0.29) is 6.04 Å². The summed E-state index contributed by atoms with van der Waals surface area (Å²) >= 11 is 20.5. The number of nitrogens with one attached hydrogen (secondary N) is 2. The van der Waals surface area contributed by atoms with Crippen LogP contribution < -0.4 is 10.6 Å². The minimum absolute atomic E-state index is 0.268. The van der Waals surface area contributed by atoms with Gasteiger partial charge in [-0.3, -0.25) is 0 Å². The molecule has 0 unspecified atom stereocenters. The molecular formula is C10H11BrCl2N2S. The molecule has 2 N–H and O–H groups in total. The molecule has 0 heterocycles. The van der Waals surface area contributed by atoms with Crippen LogP contribution in [0.4, 0.5) is 5.69 Å². The fraction of sp³-hybridized carbons (Fsp3) is 0.300. The number of rotatable bonds is 2. The third-order valence-electron chi connectivity index (χ3n) is 1.70. The number of anilines is 1. The summed E-state index contributed by atoms with van der Waals surface area (Å²) in [4.78, 5) is 0. The van der Waals surface area contributed by atoms with Crippen LogP contribution in [0.3, 0.4) is 0 Å². The molecule has 1 rings (SSSR count). The highest BCUT2D eigenvalue weighted by Crippen LogP contribution is 2.35. The number of benzene rings is 1. The average Bonchev–Trinajstić information content (AvgIpc) is 2.18. The minimum atomic E-state index is 0.268. The molecule has 0 aliphatic rings. The Bertz CT molecular complexity index is 410. The van der Waals surface area contributed by atoms with Gasteiger partial charge in [0.05, 0.1) is 15.7 Å². The number of hydrogen-bond acceptors (Lipinski definition) is 1. The largest absolute Gasteiger partial charge is 0.360 e. The van der Waals surface area contributed by atoms with Crippen LogP contribution in [0.5, 0.6) is 0 Å². The molecule has 0 aliphatic heterocycles. The molecule has 0 atom stereocenters. The van der Waals surface area contributed by atoms with Gasteiger partial charge in [0.25, 0.3) is 0 Å². The second kappa shape index (κ2) is 6.05. The van der Waals surface area contributed by atoms with E-state index in [1.165, 1.54) is 0 Å². The van der Waals surface area contributed by atoms with Gasteiger partial charge in [-0.05, 0) is 54.1 Å². The standard InChI is InChI=1S/C10H11BrCl2N2S/c1-5(2)14-10(16)15-7-4-3-6(11)8(12)9(7)13/h3-5H,1-2H3,(H2,14,15,16). The van der Waals surface area contributed by atoms with Gasteiger partial charge >= 0.3 is 0 Å². The molecule has 1 aromatic carbocycles. The monoisotopic (exact) mass is 340 g/mol. The second-order valence-corrected chi connectivity index (χ2v) is 5.49. The Morgan fingerprint density at radius 1 is 1.31 bits per heavy atom. The van der Waals surface area contributed by atoms with Crippen molar-refractivity contribution in [1.29, 1.82) is 0 Å². The Morgan fingerprint density at radius 3 is 2.50 bits per heavy atom. The van der Waals surface area contributed by atoms with E-state index in [9.17, 15) is 0 Å². The lowest BCUT2D eigenvalue weighted by Crippen LogP contribution is -2.33. The molecule has 6 heteroatoms. The van der Waals surface area contributed by atoms with Gasteiger partial charge in [0, 0.05) is 10.5 Å². The molecule has 0 radical (unpaired) electrons. The molecule has 0 amide bonds. The summed E-state index contributed by atoms with van der Waals surface area (Å²) < 4.78 is 0.757. The van der Waals surface area contributed by atoms with E-state index in [0.717, 1.165) is 4.47 Å². The van der Waals surface area contributed by atoms with Crippen LogP contribution in [0.15, 0.2) is 16.6 Å². The molecule has 0 aromatic heterocycles. The van der Waals surface area contributed by atoms with E-state index in [4.69, 9.17) is 35.4 Å². The van der Waals surface area contributed by atoms with Crippen molar-refractivity contribution in [2.75, 3.05) is 5.32 Å². The topological polar surface area (TPSA) is 24.1 Å². The van der Waals surface area contributed by atoms with Crippen molar-refractivity contribution in [2.24, 2.45) is 0 Å². The molecule has 0 fully saturated rings. The first-order valence-electron chi connectivity index (χ1n) is 4.63. The van der Waals surface area contributed by atoms with Gasteiger partial charge in [-0.2, -0.15) is 0 Å². The summed E-state index contributed by atoms with van der Waals surface area (Å²) in [7, 11) is 0. The molecule has 0 bridgehead atoms. The fourth-order valence-corrected chi connectivity index (χ4v) is 2.21. The maximum atomic E-state index is 6.07. The Morgan fingerprint density at radius 2 is 1.94 bits per heavy atom. The third kappa shape index (κ3) is 3.77. The summed E-state index contributed by atoms with van der Waals surface area (Å²) in [5.41, 5.74) is 0.688. The van der Waals surface area contributed by atoms with Gasteiger partial charge in [0.15, 0.2) is 5.11 Å². The lowest BCUT2D eigenvalue weighted by molar-refractivity contribution is 0.739. The van der Waals surface area contributed by atoms with E-state index in [2.05, 4.69) is 26.6 Å². The summed E-state index contributed by atoms with van der Waals surface area (Å²) in [6, 6.07) is 3.89. The third-order valence-corrected chi connectivity index (χ3v) is 3.69. The normalized spacial score (nSPS) is 10.4. The number of halogens is 3. The van der Waals surface area contributed by atoms with Gasteiger partial charge in [-0.15, -0.1) is 0 Å². The van der Waals surface area contributed by atoms with Crippen LogP contribution in [-0.4, -0.2) is 11.2 Å². The molecule has 0 spiro atoms. The van der Waals surface area contributed by atoms with Crippen LogP contribution >= 0.6 is 51.3 Å². The van der Waals surface area contributed by atoms with Gasteiger partial charge < -0.3 is 10.6 Å². The summed E-state index contributed by atoms with van der Waals surface area (Å²) in [6.45, 7) is 4.01. The first-order valence-corrected chi connectivity index (χ1v) is 6.58. The molecular weight excluding hydrogens is 331 g/mol. The van der Waals surface area contributed by atoms with Crippen LogP contribution in [0.2, 0.25) is 10.0 Å². The highest BCUT2D eigenvalue weighted by molar-refractivity contribution is 9.10. The molecule has 0 saturated heterocycles. The highest BCUT2D eigenvalue weighted by Gasteiger charge is 2.09. The molecule has 88 valence electrons. The van der Waals surface area contributed by atoms with Crippen molar-refractivity contribution in [3.05, 3.63) is 26.7 Å². The van der Waals surface area contributed by atoms with Crippen LogP contribution in [0.1, 0.15) is 13.8 Å². The van der Waals surface area contributed by atoms with E-state index in [1.54, 1.807) is 0 Å². The molecule has 16 heavy (non-hydrogen) atoms. The molecule has 0 aliphatic carbocycles. The van der Waals surface area contributed by atoms with Gasteiger partial charge in [0.1, 0.15) is 0 Å². The average molecular weight is 342 g/mol. The quantitative estimate of drug-likeness (QED) is 0.613. The maximum absolute atomic E-state index is 6.07. The van der Waals surface area contributed by atoms with E-state index in [0.29, 0.717) is 20.8 Å². The Labute approximate surface area is 119 Å². The predicted octanol–water partition coefficient (Wildman–Crippen LogP) is 4.45. The minimum Gasteiger partial charge on any atom is -0.360 e. The first-order chi connectivity index (χ1) is 7.41. The van der Waals surface area contributed by atoms with Crippen molar-refractivity contribution < 1.29 is 0 Å². The number of thiocarbonyl (C=S) groups is 1. The van der Waals surface area contributed by atoms with Gasteiger partial charge in [-0.25, -0.2) is 0 Å². The summed E-state index contributed by atoms with van der Waals surface area (Å²) in [5, 5.41) is 7.49. The first kappa shape index (κ1) is 14.0. The van der Waals surface area contributed by atoms with Crippen molar-refractivity contribution >= 4 is 62.1 Å². The summed E-state index contributed by atoms with van der Waals surface area (Å²) in [6.07, 6.45) is 0. The van der Waals surface area contributed by atoms with Crippen molar-refractivity contribution in [2.45, 2.75) is 19.9 Å². The van der Waals surface area contributed by atoms with Crippen LogP contribution in [0.25, 0.3) is 0 Å². The van der Waals surface area contributed by atoms with Gasteiger partial charge in [0.2, 0.25) is 0 Å². The van der Waals surface area contributed by atoms with E-state index < -0.39 is 0 Å². The highest BCUT2D eigenvalue weighted by atomic mass is 79.9. The summed E-state index contributed by atoms with van der Waals surface area (Å²) in [5.74, 6) is 0. The van der Waals surface area contributed by atoms with Crippen molar-refractivity contribution in [3.8, 4) is 0 Å². The zero-order valence-electron chi connectivity index (χ0n) is 8.77. The Kier molecular flexibility index (Phi) is 5.31. The molecule has 0 saturated carbocycles. The zero-order valence-corrected chi connectivity index (χ0v) is 12.7. The lowest BCUT2D eigenvalue weighted by Gasteiger charge is -2.14. The second-order valence-electron chi connectivity index (χ2n) is 3.48. The van der Waals surface area contributed by atoms with Crippen LogP contribution in [-0.2, 0) is 0 Å². The zero-order chi connectivity index (χ0) is 12.3. The molecule has 1 aromatic rings. The predicted molar refractivity (Wildman–Crippen MR) is 78.7 cm³/mol. The Balaban J connectivity index is 2.82. The van der Waals surface area contributed by atoms with E-state index in [1.807, 2.05) is 26.0 Å². The maximum Gasteiger partial charge on any atom is 0.171 e. The van der Waals surface area contributed by atoms with Crippen molar-refractivity contribution in [3.63, 3.8) is 0 Å². The smallest absolute Gasteiger partial charge is 0.171 e. The van der Waals surface area contributed by atoms with Crippen molar-refractivity contribution in [1.82, 2.24) is 5.32 Å². The molecule has 2 nitrogen and oxygen atoms in total. The number of hydrogen-bond donors (Lipinski definition) is 2. The van der Waals surface area contributed by atoms with Gasteiger partial charge in [-0.1, -0.05) is 23.2 Å². The van der Waals surface area contributed by atoms with Crippen LogP contribution in [0, 0.1) is 0 Å². The fourth-order valence-electron chi connectivity index (χ4n) is 1.04.